The summed E-state index contributed by atoms with van der Waals surface area (Å²) in [6, 6.07) is 22.8. The minimum absolute atomic E-state index is 0.759. The second-order valence-electron chi connectivity index (χ2n) is 8.51. The van der Waals surface area contributed by atoms with E-state index in [2.05, 4.69) is 86.5 Å². The molecule has 3 aromatic carbocycles. The predicted octanol–water partition coefficient (Wildman–Crippen LogP) is 6.69. The van der Waals surface area contributed by atoms with Crippen molar-refractivity contribution in [3.05, 3.63) is 94.7 Å². The van der Waals surface area contributed by atoms with Crippen molar-refractivity contribution in [3.63, 3.8) is 0 Å². The summed E-state index contributed by atoms with van der Waals surface area (Å²) in [5, 5.41) is 14.1. The van der Waals surface area contributed by atoms with E-state index in [0.29, 0.717) is 0 Å². The molecule has 0 aliphatic heterocycles. The van der Waals surface area contributed by atoms with Crippen LogP contribution < -0.4 is 10.0 Å². The maximum atomic E-state index is 6.12. The Hall–Kier alpha value is -3.86. The topological polar surface area (TPSA) is 44.3 Å². The van der Waals surface area contributed by atoms with Crippen LogP contribution in [0.4, 0.5) is 11.4 Å². The van der Waals surface area contributed by atoms with E-state index < -0.39 is 0 Å². The normalized spacial score (nSPS) is 12.0. The van der Waals surface area contributed by atoms with Crippen LogP contribution in [0, 0.1) is 20.8 Å². The Labute approximate surface area is 195 Å². The van der Waals surface area contributed by atoms with E-state index in [-0.39, 0.29) is 0 Å². The minimum atomic E-state index is 0.759. The number of fused-ring (bicyclic) bond motifs is 1. The zero-order valence-corrected chi connectivity index (χ0v) is 20.1. The zero-order chi connectivity index (χ0) is 23.5. The van der Waals surface area contributed by atoms with Crippen molar-refractivity contribution < 1.29 is 4.42 Å². The lowest BCUT2D eigenvalue weighted by Crippen LogP contribution is -2.11. The summed E-state index contributed by atoms with van der Waals surface area (Å²) < 4.78 is 6.12. The number of hydrazone groups is 2. The fourth-order valence-electron chi connectivity index (χ4n) is 3.59. The third-order valence-electron chi connectivity index (χ3n) is 5.75. The minimum Gasteiger partial charge on any atom is -0.455 e. The van der Waals surface area contributed by atoms with E-state index in [1.165, 1.54) is 11.1 Å². The third-order valence-corrected chi connectivity index (χ3v) is 5.75. The lowest BCUT2D eigenvalue weighted by Gasteiger charge is -2.14. The first-order valence-electron chi connectivity index (χ1n) is 11.0. The molecule has 4 rings (SSSR count). The van der Waals surface area contributed by atoms with Crippen molar-refractivity contribution in [2.75, 3.05) is 24.1 Å². The molecule has 0 spiro atoms. The second-order valence-corrected chi connectivity index (χ2v) is 8.51. The molecule has 0 aliphatic rings. The van der Waals surface area contributed by atoms with Gasteiger partial charge in [0.2, 0.25) is 0 Å². The summed E-state index contributed by atoms with van der Waals surface area (Å²) >= 11 is 0. The van der Waals surface area contributed by atoms with E-state index >= 15 is 0 Å². The molecule has 0 bridgehead atoms. The van der Waals surface area contributed by atoms with Gasteiger partial charge in [-0.3, -0.25) is 10.0 Å². The van der Waals surface area contributed by atoms with Crippen LogP contribution in [0.2, 0.25) is 0 Å². The summed E-state index contributed by atoms with van der Waals surface area (Å²) in [5.41, 5.74) is 8.37. The molecule has 0 saturated heterocycles. The van der Waals surface area contributed by atoms with Crippen molar-refractivity contribution in [1.82, 2.24) is 0 Å². The van der Waals surface area contributed by atoms with Gasteiger partial charge < -0.3 is 4.42 Å². The van der Waals surface area contributed by atoms with Gasteiger partial charge in [-0.05, 0) is 81.3 Å². The molecule has 0 radical (unpaired) electrons. The van der Waals surface area contributed by atoms with Gasteiger partial charge in [-0.2, -0.15) is 10.2 Å². The van der Waals surface area contributed by atoms with E-state index in [1.54, 1.807) is 0 Å². The molecular weight excluding hydrogens is 408 g/mol. The van der Waals surface area contributed by atoms with Gasteiger partial charge in [-0.25, -0.2) is 0 Å². The largest absolute Gasteiger partial charge is 0.455 e. The molecule has 0 saturated carbocycles. The van der Waals surface area contributed by atoms with Crippen LogP contribution in [0.15, 0.2) is 81.4 Å². The average molecular weight is 439 g/mol. The van der Waals surface area contributed by atoms with Crippen LogP contribution in [-0.2, 0) is 0 Å². The Morgan fingerprint density at radius 1 is 0.788 bits per heavy atom. The maximum absolute atomic E-state index is 6.12. The molecule has 33 heavy (non-hydrogen) atoms. The summed E-state index contributed by atoms with van der Waals surface area (Å²) in [5.74, 6) is 0.759. The molecular formula is C28H30N4O. The summed E-state index contributed by atoms with van der Waals surface area (Å²) in [7, 11) is 3.90. The Morgan fingerprint density at radius 3 is 1.97 bits per heavy atom. The number of nitrogens with zero attached hydrogens (tertiary/aromatic N) is 4. The van der Waals surface area contributed by atoms with Crippen LogP contribution in [0.5, 0.6) is 0 Å². The first-order valence-corrected chi connectivity index (χ1v) is 11.0. The Bertz CT molecular complexity index is 1310. The lowest BCUT2D eigenvalue weighted by molar-refractivity contribution is 0.603. The number of hydrogen-bond donors (Lipinski definition) is 0. The van der Waals surface area contributed by atoms with Crippen LogP contribution >= 0.6 is 0 Å². The van der Waals surface area contributed by atoms with Gasteiger partial charge in [0.05, 0.1) is 17.6 Å². The molecule has 5 nitrogen and oxygen atoms in total. The van der Waals surface area contributed by atoms with E-state index in [9.17, 15) is 0 Å². The molecule has 0 unspecified atom stereocenters. The Balaban J connectivity index is 1.56. The number of hydrogen-bond acceptors (Lipinski definition) is 5. The highest BCUT2D eigenvalue weighted by molar-refractivity contribution is 6.01. The molecule has 0 N–H and O–H groups in total. The predicted molar refractivity (Wildman–Crippen MR) is 140 cm³/mol. The highest BCUT2D eigenvalue weighted by Gasteiger charge is 2.11. The fraction of sp³-hybridized carbons (Fsp3) is 0.214. The van der Waals surface area contributed by atoms with Crippen LogP contribution in [-0.4, -0.2) is 26.0 Å². The molecule has 1 aromatic heterocycles. The lowest BCUT2D eigenvalue weighted by atomic mass is 10.1. The molecule has 1 heterocycles. The van der Waals surface area contributed by atoms with Gasteiger partial charge in [-0.1, -0.05) is 35.4 Å². The summed E-state index contributed by atoms with van der Waals surface area (Å²) in [4.78, 5) is 0. The van der Waals surface area contributed by atoms with Crippen LogP contribution in [0.3, 0.4) is 0 Å². The first-order chi connectivity index (χ1) is 15.8. The summed E-state index contributed by atoms with van der Waals surface area (Å²) in [6.07, 6.45) is 1.90. The SMILES string of the molecule is C/C(=N/N(C)c1ccc(C)cc1)c1cc2cc(/C=N\N(C)c3ccc(C)cc3)c(C)cc2o1. The average Bonchev–Trinajstić information content (AvgIpc) is 3.21. The monoisotopic (exact) mass is 438 g/mol. The molecule has 0 aliphatic carbocycles. The highest BCUT2D eigenvalue weighted by Crippen LogP contribution is 2.24. The van der Waals surface area contributed by atoms with Crippen LogP contribution in [0.1, 0.15) is 34.9 Å². The van der Waals surface area contributed by atoms with E-state index in [1.807, 2.05) is 43.3 Å². The van der Waals surface area contributed by atoms with Crippen molar-refractivity contribution in [2.45, 2.75) is 27.7 Å². The smallest absolute Gasteiger partial charge is 0.151 e. The molecule has 168 valence electrons. The van der Waals surface area contributed by atoms with Gasteiger partial charge in [0, 0.05) is 19.5 Å². The fourth-order valence-corrected chi connectivity index (χ4v) is 3.59. The van der Waals surface area contributed by atoms with Crippen molar-refractivity contribution in [2.24, 2.45) is 10.2 Å². The van der Waals surface area contributed by atoms with Crippen molar-refractivity contribution >= 4 is 34.3 Å². The van der Waals surface area contributed by atoms with Gasteiger partial charge in [0.25, 0.3) is 0 Å². The quantitative estimate of drug-likeness (QED) is 0.249. The first kappa shape index (κ1) is 22.3. The number of anilines is 2. The zero-order valence-electron chi connectivity index (χ0n) is 20.1. The Morgan fingerprint density at radius 2 is 1.36 bits per heavy atom. The van der Waals surface area contributed by atoms with Gasteiger partial charge in [0.1, 0.15) is 11.3 Å². The van der Waals surface area contributed by atoms with Crippen LogP contribution in [0.25, 0.3) is 11.0 Å². The number of benzene rings is 3. The van der Waals surface area contributed by atoms with Crippen molar-refractivity contribution in [1.29, 1.82) is 0 Å². The standard InChI is InChI=1S/C28H30N4O/c1-19-7-11-25(12-8-19)31(5)29-18-24-16-23-17-27(33-28(23)15-21(24)3)22(4)30-32(6)26-13-9-20(2)10-14-26/h7-18H,1-6H3/b29-18-,30-22-. The molecule has 4 aromatic rings. The van der Waals surface area contributed by atoms with Gasteiger partial charge >= 0.3 is 0 Å². The maximum Gasteiger partial charge on any atom is 0.151 e. The highest BCUT2D eigenvalue weighted by atomic mass is 16.3. The number of furan rings is 1. The van der Waals surface area contributed by atoms with E-state index in [0.717, 1.165) is 44.9 Å². The van der Waals surface area contributed by atoms with Gasteiger partial charge in [-0.15, -0.1) is 0 Å². The molecule has 0 atom stereocenters. The third kappa shape index (κ3) is 5.14. The number of aryl methyl sites for hydroxylation is 3. The molecule has 0 amide bonds. The Kier molecular flexibility index (Phi) is 6.31. The molecule has 0 fully saturated rings. The second kappa shape index (κ2) is 9.33. The van der Waals surface area contributed by atoms with Gasteiger partial charge in [0.15, 0.2) is 5.76 Å². The number of rotatable bonds is 6. The van der Waals surface area contributed by atoms with Crippen molar-refractivity contribution in [3.8, 4) is 0 Å². The van der Waals surface area contributed by atoms with E-state index in [4.69, 9.17) is 9.52 Å². The summed E-state index contributed by atoms with van der Waals surface area (Å²) in [6.45, 7) is 8.20. The molecule has 5 heteroatoms.